The first-order valence-corrected chi connectivity index (χ1v) is 8.90. The van der Waals surface area contributed by atoms with Crippen LogP contribution in [0, 0.1) is 27.2 Å². The Hall–Kier alpha value is -4.29. The first-order chi connectivity index (χ1) is 14.9. The molecule has 0 aliphatic rings. The summed E-state index contributed by atoms with van der Waals surface area (Å²) in [6.45, 7) is 1.61. The minimum Gasteiger partial charge on any atom is -0.305 e. The number of hydrogen-bond donors (Lipinski definition) is 1. The third-order valence-electron chi connectivity index (χ3n) is 4.40. The average Bonchev–Trinajstić information content (AvgIpc) is 3.05. The van der Waals surface area contributed by atoms with E-state index in [4.69, 9.17) is 0 Å². The number of nitro groups is 2. The molecule has 1 heterocycles. The number of alkyl halides is 3. The Bertz CT molecular complexity index is 1190. The molecule has 0 saturated carbocycles. The van der Waals surface area contributed by atoms with Crippen molar-refractivity contribution in [3.63, 3.8) is 0 Å². The summed E-state index contributed by atoms with van der Waals surface area (Å²) in [4.78, 5) is 32.7. The van der Waals surface area contributed by atoms with E-state index in [-0.39, 0.29) is 17.9 Å². The molecular formula is C19H14F3N5O5. The number of halogens is 3. The molecule has 3 aromatic rings. The van der Waals surface area contributed by atoms with E-state index in [9.17, 15) is 38.2 Å². The number of nitrogens with one attached hydrogen (secondary N) is 1. The highest BCUT2D eigenvalue weighted by Gasteiger charge is 2.30. The Labute approximate surface area is 177 Å². The van der Waals surface area contributed by atoms with Gasteiger partial charge in [-0.05, 0) is 24.6 Å². The molecule has 0 unspecified atom stereocenters. The van der Waals surface area contributed by atoms with Gasteiger partial charge in [-0.15, -0.1) is 0 Å². The number of aryl methyl sites for hydroxylation is 1. The Kier molecular flexibility index (Phi) is 5.91. The topological polar surface area (TPSA) is 133 Å². The van der Waals surface area contributed by atoms with Gasteiger partial charge < -0.3 is 5.32 Å². The maximum atomic E-state index is 12.9. The van der Waals surface area contributed by atoms with Crippen LogP contribution in [0.1, 0.15) is 27.2 Å². The van der Waals surface area contributed by atoms with Gasteiger partial charge in [-0.3, -0.25) is 29.7 Å². The number of amides is 1. The van der Waals surface area contributed by atoms with E-state index in [1.54, 1.807) is 6.92 Å². The molecule has 166 valence electrons. The quantitative estimate of drug-likeness (QED) is 0.440. The summed E-state index contributed by atoms with van der Waals surface area (Å²) in [7, 11) is 0. The van der Waals surface area contributed by atoms with Crippen molar-refractivity contribution in [1.82, 2.24) is 9.78 Å². The molecule has 1 amide bonds. The smallest absolute Gasteiger partial charge is 0.305 e. The fourth-order valence-corrected chi connectivity index (χ4v) is 2.88. The summed E-state index contributed by atoms with van der Waals surface area (Å²) in [6, 6.07) is 8.64. The normalized spacial score (nSPS) is 11.2. The average molecular weight is 449 g/mol. The van der Waals surface area contributed by atoms with Crippen LogP contribution >= 0.6 is 0 Å². The molecule has 1 N–H and O–H groups in total. The number of rotatable bonds is 6. The molecule has 0 spiro atoms. The predicted molar refractivity (Wildman–Crippen MR) is 105 cm³/mol. The van der Waals surface area contributed by atoms with Crippen LogP contribution in [0.5, 0.6) is 0 Å². The molecule has 0 saturated heterocycles. The number of non-ortho nitro benzene ring substituents is 2. The van der Waals surface area contributed by atoms with Gasteiger partial charge in [0.05, 0.1) is 33.6 Å². The van der Waals surface area contributed by atoms with Gasteiger partial charge in [0, 0.05) is 23.9 Å². The highest BCUT2D eigenvalue weighted by molar-refractivity contribution is 6.04. The van der Waals surface area contributed by atoms with E-state index < -0.39 is 38.9 Å². The van der Waals surface area contributed by atoms with Gasteiger partial charge >= 0.3 is 6.18 Å². The van der Waals surface area contributed by atoms with Crippen LogP contribution in [0.4, 0.5) is 30.4 Å². The lowest BCUT2D eigenvalue weighted by Gasteiger charge is -2.09. The van der Waals surface area contributed by atoms with Crippen LogP contribution in [0.25, 0.3) is 0 Å². The Morgan fingerprint density at radius 3 is 2.25 bits per heavy atom. The lowest BCUT2D eigenvalue weighted by Crippen LogP contribution is -2.14. The molecule has 10 nitrogen and oxygen atoms in total. The second kappa shape index (κ2) is 8.45. The lowest BCUT2D eigenvalue weighted by molar-refractivity contribution is -0.394. The number of aromatic nitrogens is 2. The molecule has 0 bridgehead atoms. The Morgan fingerprint density at radius 1 is 1.06 bits per heavy atom. The van der Waals surface area contributed by atoms with Gasteiger partial charge in [0.15, 0.2) is 5.82 Å². The summed E-state index contributed by atoms with van der Waals surface area (Å²) in [6.07, 6.45) is -4.49. The Balaban J connectivity index is 1.82. The third-order valence-corrected chi connectivity index (χ3v) is 4.40. The van der Waals surface area contributed by atoms with E-state index in [1.165, 1.54) is 22.9 Å². The zero-order valence-electron chi connectivity index (χ0n) is 16.3. The number of carbonyl (C=O) groups is 1. The van der Waals surface area contributed by atoms with Crippen molar-refractivity contribution in [1.29, 1.82) is 0 Å². The highest BCUT2D eigenvalue weighted by Crippen LogP contribution is 2.30. The Morgan fingerprint density at radius 2 is 1.69 bits per heavy atom. The molecule has 0 atom stereocenters. The van der Waals surface area contributed by atoms with E-state index in [1.807, 2.05) is 0 Å². The number of nitrogens with zero attached hydrogens (tertiary/aromatic N) is 4. The maximum absolute atomic E-state index is 12.9. The van der Waals surface area contributed by atoms with Crippen molar-refractivity contribution >= 4 is 23.1 Å². The van der Waals surface area contributed by atoms with Gasteiger partial charge in [0.25, 0.3) is 17.3 Å². The second-order valence-electron chi connectivity index (χ2n) is 6.73. The second-order valence-corrected chi connectivity index (χ2v) is 6.73. The summed E-state index contributed by atoms with van der Waals surface area (Å²) in [5.74, 6) is -0.853. The molecule has 32 heavy (non-hydrogen) atoms. The van der Waals surface area contributed by atoms with Crippen LogP contribution in [0.15, 0.2) is 48.5 Å². The van der Waals surface area contributed by atoms with Crippen molar-refractivity contribution in [2.75, 3.05) is 5.32 Å². The third kappa shape index (κ3) is 5.06. The molecule has 2 aromatic carbocycles. The van der Waals surface area contributed by atoms with Crippen LogP contribution in [0.3, 0.4) is 0 Å². The van der Waals surface area contributed by atoms with Crippen molar-refractivity contribution in [3.8, 4) is 0 Å². The molecule has 1 aromatic heterocycles. The fourth-order valence-electron chi connectivity index (χ4n) is 2.88. The standard InChI is InChI=1S/C19H14F3N5O5/c1-11-5-17(24-25(11)10-12-3-2-4-14(6-12)19(20,21)22)23-18(28)13-7-15(26(29)30)9-16(8-13)27(31)32/h2-9H,10H2,1H3,(H,23,24,28). The molecular weight excluding hydrogens is 435 g/mol. The zero-order valence-corrected chi connectivity index (χ0v) is 16.3. The molecule has 0 fully saturated rings. The SMILES string of the molecule is Cc1cc(NC(=O)c2cc([N+](=O)[O-])cc([N+](=O)[O-])c2)nn1Cc1cccc(C(F)(F)F)c1. The van der Waals surface area contributed by atoms with Crippen molar-refractivity contribution in [3.05, 3.63) is 91.1 Å². The van der Waals surface area contributed by atoms with Crippen LogP contribution in [-0.4, -0.2) is 25.5 Å². The van der Waals surface area contributed by atoms with E-state index in [0.717, 1.165) is 30.3 Å². The van der Waals surface area contributed by atoms with Gasteiger partial charge in [-0.2, -0.15) is 18.3 Å². The molecule has 0 aliphatic heterocycles. The summed E-state index contributed by atoms with van der Waals surface area (Å²) < 4.78 is 40.1. The van der Waals surface area contributed by atoms with E-state index in [2.05, 4.69) is 10.4 Å². The minimum atomic E-state index is -4.49. The number of hydrogen-bond acceptors (Lipinski definition) is 6. The zero-order chi connectivity index (χ0) is 23.6. The number of nitro benzene ring substituents is 2. The van der Waals surface area contributed by atoms with E-state index >= 15 is 0 Å². The van der Waals surface area contributed by atoms with Crippen LogP contribution < -0.4 is 5.32 Å². The summed E-state index contributed by atoms with van der Waals surface area (Å²) in [5, 5.41) is 28.5. The first-order valence-electron chi connectivity index (χ1n) is 8.90. The van der Waals surface area contributed by atoms with Crippen LogP contribution in [0.2, 0.25) is 0 Å². The van der Waals surface area contributed by atoms with Crippen LogP contribution in [-0.2, 0) is 12.7 Å². The van der Waals surface area contributed by atoms with Crippen molar-refractivity contribution < 1.29 is 27.8 Å². The van der Waals surface area contributed by atoms with Gasteiger partial charge in [-0.25, -0.2) is 0 Å². The molecule has 13 heteroatoms. The van der Waals surface area contributed by atoms with Crippen molar-refractivity contribution in [2.24, 2.45) is 0 Å². The fraction of sp³-hybridized carbons (Fsp3) is 0.158. The lowest BCUT2D eigenvalue weighted by atomic mass is 10.1. The minimum absolute atomic E-state index is 0.00605. The van der Waals surface area contributed by atoms with E-state index in [0.29, 0.717) is 11.3 Å². The largest absolute Gasteiger partial charge is 0.416 e. The van der Waals surface area contributed by atoms with Gasteiger partial charge in [0.2, 0.25) is 0 Å². The molecule has 0 radical (unpaired) electrons. The summed E-state index contributed by atoms with van der Waals surface area (Å²) >= 11 is 0. The monoisotopic (exact) mass is 449 g/mol. The molecule has 0 aliphatic carbocycles. The summed E-state index contributed by atoms with van der Waals surface area (Å²) in [5.41, 5.74) is -1.54. The van der Waals surface area contributed by atoms with Gasteiger partial charge in [0.1, 0.15) is 0 Å². The highest BCUT2D eigenvalue weighted by atomic mass is 19.4. The molecule has 3 rings (SSSR count). The predicted octanol–water partition coefficient (Wildman–Crippen LogP) is 4.33. The van der Waals surface area contributed by atoms with Crippen molar-refractivity contribution in [2.45, 2.75) is 19.6 Å². The number of anilines is 1. The van der Waals surface area contributed by atoms with Gasteiger partial charge in [-0.1, -0.05) is 12.1 Å². The number of carbonyl (C=O) groups excluding carboxylic acids is 1. The number of benzene rings is 2. The maximum Gasteiger partial charge on any atom is 0.416 e. The first kappa shape index (κ1) is 22.4.